The molecule has 3 N–H and O–H groups in total. The molecule has 2 aromatic rings. The zero-order valence-corrected chi connectivity index (χ0v) is 14.1. The number of benzene rings is 1. The van der Waals surface area contributed by atoms with Crippen molar-refractivity contribution in [1.82, 2.24) is 9.71 Å². The number of nitrogens with two attached hydrogens (primary N) is 1. The fourth-order valence-corrected chi connectivity index (χ4v) is 3.55. The summed E-state index contributed by atoms with van der Waals surface area (Å²) >= 11 is 0. The van der Waals surface area contributed by atoms with Crippen LogP contribution in [-0.4, -0.2) is 30.4 Å². The van der Waals surface area contributed by atoms with Gasteiger partial charge in [0.2, 0.25) is 10.0 Å². The fourth-order valence-electron chi connectivity index (χ4n) is 1.97. The Labute approximate surface area is 139 Å². The minimum Gasteiger partial charge on any atom is -0.329 e. The second-order valence-electron chi connectivity index (χ2n) is 5.43. The van der Waals surface area contributed by atoms with E-state index in [1.807, 2.05) is 0 Å². The average molecular weight is 361 g/mol. The number of aromatic nitrogens is 1. The van der Waals surface area contributed by atoms with E-state index in [0.29, 0.717) is 0 Å². The molecule has 0 amide bonds. The summed E-state index contributed by atoms with van der Waals surface area (Å²) in [5.41, 5.74) is 4.55. The van der Waals surface area contributed by atoms with Crippen LogP contribution in [0.1, 0.15) is 13.8 Å². The molecule has 1 aromatic heterocycles. The Morgan fingerprint density at radius 2 is 2.00 bits per heavy atom. The van der Waals surface area contributed by atoms with Crippen LogP contribution >= 0.6 is 12.4 Å². The molecular weight excluding hydrogens is 344 g/mol. The number of hydrogen-bond donors (Lipinski definition) is 2. The van der Waals surface area contributed by atoms with E-state index in [0.717, 1.165) is 6.07 Å². The van der Waals surface area contributed by atoms with Crippen LogP contribution in [0.4, 0.5) is 5.69 Å². The van der Waals surface area contributed by atoms with Crippen molar-refractivity contribution in [3.8, 4) is 0 Å². The average Bonchev–Trinajstić information content (AvgIpc) is 2.44. The number of hydrogen-bond acceptors (Lipinski definition) is 6. The SMILES string of the molecule is CC(C)(CN)NS(=O)(=O)c1ccc([N+](=O)[O-])c2cccnc12.Cl. The molecule has 8 nitrogen and oxygen atoms in total. The first kappa shape index (κ1) is 19.2. The molecule has 0 spiro atoms. The monoisotopic (exact) mass is 360 g/mol. The van der Waals surface area contributed by atoms with E-state index >= 15 is 0 Å². The number of nitrogens with zero attached hydrogens (tertiary/aromatic N) is 2. The van der Waals surface area contributed by atoms with Crippen molar-refractivity contribution < 1.29 is 13.3 Å². The van der Waals surface area contributed by atoms with Crippen LogP contribution in [0.25, 0.3) is 10.9 Å². The Morgan fingerprint density at radius 1 is 1.35 bits per heavy atom. The summed E-state index contributed by atoms with van der Waals surface area (Å²) in [6.07, 6.45) is 1.39. The van der Waals surface area contributed by atoms with Crippen molar-refractivity contribution in [1.29, 1.82) is 0 Å². The Kier molecular flexibility index (Phi) is 5.65. The first-order chi connectivity index (χ1) is 10.2. The molecule has 0 aliphatic heterocycles. The summed E-state index contributed by atoms with van der Waals surface area (Å²) < 4.78 is 27.5. The molecule has 0 saturated heterocycles. The van der Waals surface area contributed by atoms with Crippen molar-refractivity contribution in [2.45, 2.75) is 24.3 Å². The highest BCUT2D eigenvalue weighted by molar-refractivity contribution is 7.89. The molecule has 0 saturated carbocycles. The second kappa shape index (κ2) is 6.75. The molecule has 1 heterocycles. The van der Waals surface area contributed by atoms with Gasteiger partial charge in [0.05, 0.1) is 15.8 Å². The van der Waals surface area contributed by atoms with Crippen LogP contribution in [0.15, 0.2) is 35.4 Å². The predicted octanol–water partition coefficient (Wildman–Crippen LogP) is 1.58. The van der Waals surface area contributed by atoms with Crippen LogP contribution in [-0.2, 0) is 10.0 Å². The van der Waals surface area contributed by atoms with E-state index < -0.39 is 20.5 Å². The third kappa shape index (κ3) is 3.94. The summed E-state index contributed by atoms with van der Waals surface area (Å²) in [7, 11) is -3.91. The molecule has 2 rings (SSSR count). The van der Waals surface area contributed by atoms with Gasteiger partial charge in [0.25, 0.3) is 5.69 Å². The molecule has 0 atom stereocenters. The predicted molar refractivity (Wildman–Crippen MR) is 89.1 cm³/mol. The van der Waals surface area contributed by atoms with Crippen molar-refractivity contribution >= 4 is 39.0 Å². The number of pyridine rings is 1. The Morgan fingerprint density at radius 3 is 2.57 bits per heavy atom. The van der Waals surface area contributed by atoms with Crippen LogP contribution in [0.2, 0.25) is 0 Å². The smallest absolute Gasteiger partial charge is 0.278 e. The zero-order chi connectivity index (χ0) is 16.5. The highest BCUT2D eigenvalue weighted by Crippen LogP contribution is 2.29. The Balaban J connectivity index is 0.00000264. The third-order valence-corrected chi connectivity index (χ3v) is 4.85. The molecule has 0 aliphatic rings. The van der Waals surface area contributed by atoms with E-state index in [-0.39, 0.29) is 40.4 Å². The van der Waals surface area contributed by atoms with E-state index in [1.165, 1.54) is 24.4 Å². The fraction of sp³-hybridized carbons (Fsp3) is 0.308. The maximum atomic E-state index is 12.5. The first-order valence-corrected chi connectivity index (χ1v) is 7.92. The molecule has 0 aliphatic carbocycles. The maximum Gasteiger partial charge on any atom is 0.278 e. The highest BCUT2D eigenvalue weighted by atomic mass is 35.5. The Bertz CT molecular complexity index is 839. The molecule has 23 heavy (non-hydrogen) atoms. The molecule has 126 valence electrons. The molecule has 0 fully saturated rings. The summed E-state index contributed by atoms with van der Waals surface area (Å²) in [6, 6.07) is 5.33. The van der Waals surface area contributed by atoms with Gasteiger partial charge in [-0.05, 0) is 32.0 Å². The van der Waals surface area contributed by atoms with Gasteiger partial charge in [0.1, 0.15) is 4.90 Å². The lowest BCUT2D eigenvalue weighted by atomic mass is 10.1. The van der Waals surface area contributed by atoms with E-state index in [4.69, 9.17) is 5.73 Å². The van der Waals surface area contributed by atoms with Crippen molar-refractivity contribution in [3.05, 3.63) is 40.6 Å². The topological polar surface area (TPSA) is 128 Å². The second-order valence-corrected chi connectivity index (χ2v) is 7.08. The molecule has 0 bridgehead atoms. The number of halogens is 1. The van der Waals surface area contributed by atoms with Crippen molar-refractivity contribution in [3.63, 3.8) is 0 Å². The van der Waals surface area contributed by atoms with E-state index in [9.17, 15) is 18.5 Å². The Hall–Kier alpha value is -1.81. The largest absolute Gasteiger partial charge is 0.329 e. The molecule has 10 heteroatoms. The number of nitro benzene ring substituents is 1. The lowest BCUT2D eigenvalue weighted by Gasteiger charge is -2.24. The number of sulfonamides is 1. The lowest BCUT2D eigenvalue weighted by molar-refractivity contribution is -0.383. The zero-order valence-electron chi connectivity index (χ0n) is 12.5. The van der Waals surface area contributed by atoms with Crippen LogP contribution in [0.5, 0.6) is 0 Å². The van der Waals surface area contributed by atoms with Gasteiger partial charge in [-0.1, -0.05) is 0 Å². The third-order valence-electron chi connectivity index (χ3n) is 3.12. The van der Waals surface area contributed by atoms with E-state index in [1.54, 1.807) is 13.8 Å². The molecule has 1 aromatic carbocycles. The number of nitro groups is 1. The first-order valence-electron chi connectivity index (χ1n) is 6.44. The minimum absolute atomic E-state index is 0. The molecular formula is C13H17ClN4O4S. The summed E-state index contributed by atoms with van der Waals surface area (Å²) in [4.78, 5) is 14.4. The van der Waals surface area contributed by atoms with Gasteiger partial charge >= 0.3 is 0 Å². The van der Waals surface area contributed by atoms with Gasteiger partial charge in [-0.15, -0.1) is 12.4 Å². The highest BCUT2D eigenvalue weighted by Gasteiger charge is 2.28. The summed E-state index contributed by atoms with van der Waals surface area (Å²) in [5.74, 6) is 0. The van der Waals surface area contributed by atoms with E-state index in [2.05, 4.69) is 9.71 Å². The van der Waals surface area contributed by atoms with Crippen molar-refractivity contribution in [2.24, 2.45) is 5.73 Å². The molecule has 0 radical (unpaired) electrons. The molecule has 0 unspecified atom stereocenters. The van der Waals surface area contributed by atoms with Crippen LogP contribution in [0.3, 0.4) is 0 Å². The number of non-ortho nitro benzene ring substituents is 1. The standard InChI is InChI=1S/C13H16N4O4S.ClH/c1-13(2,8-14)16-22(20,21)11-6-5-10(17(18)19)9-4-3-7-15-12(9)11;/h3-7,16H,8,14H2,1-2H3;1H. The van der Waals surface area contributed by atoms with Gasteiger partial charge in [-0.25, -0.2) is 13.1 Å². The summed E-state index contributed by atoms with van der Waals surface area (Å²) in [6.45, 7) is 3.39. The maximum absolute atomic E-state index is 12.5. The van der Waals surface area contributed by atoms with Crippen LogP contribution in [0, 0.1) is 10.1 Å². The number of nitrogens with one attached hydrogen (secondary N) is 1. The van der Waals surface area contributed by atoms with Gasteiger partial charge < -0.3 is 5.73 Å². The number of fused-ring (bicyclic) bond motifs is 1. The van der Waals surface area contributed by atoms with Crippen LogP contribution < -0.4 is 10.5 Å². The minimum atomic E-state index is -3.91. The van der Waals surface area contributed by atoms with Gasteiger partial charge in [-0.2, -0.15) is 0 Å². The van der Waals surface area contributed by atoms with Gasteiger partial charge in [0.15, 0.2) is 0 Å². The lowest BCUT2D eigenvalue weighted by Crippen LogP contribution is -2.48. The summed E-state index contributed by atoms with van der Waals surface area (Å²) in [5, 5.41) is 11.2. The number of rotatable bonds is 5. The van der Waals surface area contributed by atoms with Crippen molar-refractivity contribution in [2.75, 3.05) is 6.54 Å². The van der Waals surface area contributed by atoms with Gasteiger partial charge in [-0.3, -0.25) is 15.1 Å². The van der Waals surface area contributed by atoms with Gasteiger partial charge in [0, 0.05) is 24.3 Å². The quantitative estimate of drug-likeness (QED) is 0.615. The normalized spacial score (nSPS) is 12.0.